The number of carbonyl (C=O) groups excluding carboxylic acids is 3. The van der Waals surface area contributed by atoms with Gasteiger partial charge in [0.1, 0.15) is 6.10 Å². The summed E-state index contributed by atoms with van der Waals surface area (Å²) in [5.41, 5.74) is 7.77. The molecule has 2 aromatic rings. The number of halogens is 3. The molecule has 1 saturated heterocycles. The average Bonchev–Trinajstić information content (AvgIpc) is 3.24. The Kier molecular flexibility index (Phi) is 8.79. The molecule has 2 aliphatic rings. The van der Waals surface area contributed by atoms with Gasteiger partial charge in [0.2, 0.25) is 5.91 Å². The largest absolute Gasteiger partial charge is 0.459 e. The van der Waals surface area contributed by atoms with Crippen LogP contribution in [-0.2, 0) is 33.6 Å². The number of hydrogen-bond acceptors (Lipinski definition) is 7. The molecular formula is C28H34F3N5O4. The molecule has 1 aromatic carbocycles. The molecule has 40 heavy (non-hydrogen) atoms. The third-order valence-electron chi connectivity index (χ3n) is 7.30. The number of likely N-dealkylation sites (tertiary alicyclic amines) is 1. The molecule has 2 amide bonds. The minimum absolute atomic E-state index is 0.0523. The Labute approximate surface area is 231 Å². The number of pyridine rings is 1. The normalized spacial score (nSPS) is 21.3. The highest BCUT2D eigenvalue weighted by Gasteiger charge is 2.36. The van der Waals surface area contributed by atoms with Gasteiger partial charge in [-0.3, -0.25) is 29.7 Å². The van der Waals surface area contributed by atoms with Crippen LogP contribution in [0.1, 0.15) is 72.9 Å². The number of rotatable bonds is 7. The number of alkyl halides is 3. The predicted molar refractivity (Wildman–Crippen MR) is 139 cm³/mol. The minimum atomic E-state index is -4.38. The maximum Gasteiger partial charge on any atom is 0.416 e. The molecule has 1 aromatic heterocycles. The first kappa shape index (κ1) is 29.5. The maximum absolute atomic E-state index is 13.0. The van der Waals surface area contributed by atoms with Crippen molar-refractivity contribution in [2.45, 2.75) is 71.6 Å². The van der Waals surface area contributed by atoms with E-state index in [1.165, 1.54) is 32.2 Å². The molecule has 2 unspecified atom stereocenters. The summed E-state index contributed by atoms with van der Waals surface area (Å²) in [6, 6.07) is 6.51. The molecule has 0 saturated carbocycles. The van der Waals surface area contributed by atoms with Crippen LogP contribution >= 0.6 is 0 Å². The van der Waals surface area contributed by atoms with Gasteiger partial charge < -0.3 is 9.64 Å². The number of nitrogens with zero attached hydrogens (tertiary/aromatic N) is 3. The Hall–Kier alpha value is -3.51. The molecule has 2 N–H and O–H groups in total. The second-order valence-corrected chi connectivity index (χ2v) is 10.7. The lowest BCUT2D eigenvalue weighted by Gasteiger charge is -2.37. The molecule has 12 heteroatoms. The van der Waals surface area contributed by atoms with E-state index in [1.54, 1.807) is 11.0 Å². The lowest BCUT2D eigenvalue weighted by Crippen LogP contribution is -2.58. The van der Waals surface area contributed by atoms with E-state index < -0.39 is 29.7 Å². The number of amides is 2. The van der Waals surface area contributed by atoms with E-state index in [0.717, 1.165) is 29.0 Å². The van der Waals surface area contributed by atoms with Crippen LogP contribution in [0.4, 0.5) is 13.2 Å². The Morgan fingerprint density at radius 3 is 2.45 bits per heavy atom. The van der Waals surface area contributed by atoms with Crippen molar-refractivity contribution in [3.63, 3.8) is 0 Å². The maximum atomic E-state index is 13.0. The number of fused-ring (bicyclic) bond motifs is 1. The summed E-state index contributed by atoms with van der Waals surface area (Å²) in [7, 11) is 0. The lowest BCUT2D eigenvalue weighted by molar-refractivity contribution is -0.154. The van der Waals surface area contributed by atoms with Crippen LogP contribution in [0.5, 0.6) is 0 Å². The number of ether oxygens (including phenoxy) is 1. The molecule has 216 valence electrons. The summed E-state index contributed by atoms with van der Waals surface area (Å²) < 4.78 is 44.3. The van der Waals surface area contributed by atoms with Crippen LogP contribution in [0.3, 0.4) is 0 Å². The molecule has 0 spiro atoms. The Balaban J connectivity index is 1.43. The van der Waals surface area contributed by atoms with Crippen molar-refractivity contribution in [1.82, 2.24) is 25.6 Å². The molecule has 3 heterocycles. The average molecular weight is 562 g/mol. The van der Waals surface area contributed by atoms with Crippen LogP contribution in [0, 0.1) is 5.92 Å². The first-order valence-corrected chi connectivity index (χ1v) is 13.2. The van der Waals surface area contributed by atoms with E-state index in [1.807, 2.05) is 0 Å². The number of piperidine rings is 1. The van der Waals surface area contributed by atoms with Crippen LogP contribution in [0.2, 0.25) is 0 Å². The van der Waals surface area contributed by atoms with Crippen molar-refractivity contribution in [2.75, 3.05) is 13.1 Å². The quantitative estimate of drug-likeness (QED) is 0.393. The number of hydrogen-bond donors (Lipinski definition) is 2. The summed E-state index contributed by atoms with van der Waals surface area (Å²) in [5.74, 6) is -0.815. The second-order valence-electron chi connectivity index (χ2n) is 10.7. The van der Waals surface area contributed by atoms with E-state index in [4.69, 9.17) is 4.74 Å². The third-order valence-corrected chi connectivity index (χ3v) is 7.30. The Morgan fingerprint density at radius 2 is 1.85 bits per heavy atom. The summed E-state index contributed by atoms with van der Waals surface area (Å²) in [6.45, 7) is 8.50. The smallest absolute Gasteiger partial charge is 0.416 e. The topological polar surface area (TPSA) is 104 Å². The predicted octanol–water partition coefficient (Wildman–Crippen LogP) is 3.60. The molecule has 2 aliphatic heterocycles. The highest BCUT2D eigenvalue weighted by atomic mass is 19.4. The van der Waals surface area contributed by atoms with Crippen molar-refractivity contribution < 1.29 is 32.3 Å². The molecular weight excluding hydrogens is 527 g/mol. The monoisotopic (exact) mass is 561 g/mol. The molecule has 9 nitrogen and oxygen atoms in total. The van der Waals surface area contributed by atoms with Crippen LogP contribution in [0.15, 0.2) is 36.5 Å². The van der Waals surface area contributed by atoms with Crippen molar-refractivity contribution in [3.05, 3.63) is 64.5 Å². The van der Waals surface area contributed by atoms with Crippen LogP contribution in [-0.4, -0.2) is 57.8 Å². The first-order chi connectivity index (χ1) is 18.8. The van der Waals surface area contributed by atoms with Gasteiger partial charge in [-0.2, -0.15) is 13.2 Å². The van der Waals surface area contributed by atoms with Crippen molar-refractivity contribution in [2.24, 2.45) is 5.92 Å². The van der Waals surface area contributed by atoms with Crippen molar-refractivity contribution in [3.8, 4) is 0 Å². The molecule has 0 aliphatic carbocycles. The summed E-state index contributed by atoms with van der Waals surface area (Å²) >= 11 is 0. The standard InChI is InChI=1S/C28H34F3N5O4/c1-16(2)26-25-21(14-36(26)13-19-5-7-22(8-6-19)28(29,30)31)11-20(12-32-25)27(39)34-33-23-9-10-35(17(3)37)15-24(23)40-18(4)38/h5-8,11-12,16,23-24,26,33H,9-10,13-15H2,1-4H3,(H,34,39)/t23?,24-,26?/m1/s1. The van der Waals surface area contributed by atoms with Gasteiger partial charge in [0.15, 0.2) is 0 Å². The number of hydrazine groups is 1. The summed E-state index contributed by atoms with van der Waals surface area (Å²) in [6.07, 6.45) is -3.00. The highest BCUT2D eigenvalue weighted by molar-refractivity contribution is 5.93. The number of carbonyl (C=O) groups is 3. The second kappa shape index (κ2) is 11.9. The number of benzene rings is 1. The zero-order chi connectivity index (χ0) is 29.2. The molecule has 3 atom stereocenters. The molecule has 0 bridgehead atoms. The third kappa shape index (κ3) is 6.79. The van der Waals surface area contributed by atoms with E-state index in [0.29, 0.717) is 31.6 Å². The van der Waals surface area contributed by atoms with E-state index in [2.05, 4.69) is 34.6 Å². The van der Waals surface area contributed by atoms with Crippen molar-refractivity contribution >= 4 is 17.8 Å². The zero-order valence-corrected chi connectivity index (χ0v) is 22.9. The lowest BCUT2D eigenvalue weighted by atomic mass is 9.99. The molecule has 0 radical (unpaired) electrons. The molecule has 1 fully saturated rings. The van der Waals surface area contributed by atoms with Crippen molar-refractivity contribution in [1.29, 1.82) is 0 Å². The number of aromatic nitrogens is 1. The number of nitrogens with one attached hydrogen (secondary N) is 2. The van der Waals surface area contributed by atoms with E-state index >= 15 is 0 Å². The minimum Gasteiger partial charge on any atom is -0.459 e. The van der Waals surface area contributed by atoms with Gasteiger partial charge in [-0.1, -0.05) is 26.0 Å². The van der Waals surface area contributed by atoms with Gasteiger partial charge in [0.25, 0.3) is 5.91 Å². The first-order valence-electron chi connectivity index (χ1n) is 13.2. The van der Waals surface area contributed by atoms with Gasteiger partial charge in [-0.25, -0.2) is 5.43 Å². The summed E-state index contributed by atoms with van der Waals surface area (Å²) in [4.78, 5) is 44.7. The molecule has 4 rings (SSSR count). The fourth-order valence-electron chi connectivity index (χ4n) is 5.38. The van der Waals surface area contributed by atoms with Gasteiger partial charge in [0.05, 0.1) is 35.4 Å². The highest BCUT2D eigenvalue weighted by Crippen LogP contribution is 2.39. The Morgan fingerprint density at radius 1 is 1.15 bits per heavy atom. The van der Waals surface area contributed by atoms with Gasteiger partial charge >= 0.3 is 12.1 Å². The van der Waals surface area contributed by atoms with E-state index in [9.17, 15) is 27.6 Å². The van der Waals surface area contributed by atoms with E-state index in [-0.39, 0.29) is 30.5 Å². The van der Waals surface area contributed by atoms with Gasteiger partial charge in [-0.15, -0.1) is 0 Å². The Bertz CT molecular complexity index is 1250. The van der Waals surface area contributed by atoms with Gasteiger partial charge in [-0.05, 0) is 41.7 Å². The number of esters is 1. The fourth-order valence-corrected chi connectivity index (χ4v) is 5.38. The fraction of sp³-hybridized carbons (Fsp3) is 0.500. The SMILES string of the molecule is CC(=O)O[C@@H]1CN(C(C)=O)CCC1NNC(=O)c1cnc2c(c1)CN(Cc1ccc(C(F)(F)F)cc1)C2C(C)C. The zero-order valence-electron chi connectivity index (χ0n) is 22.9. The van der Waals surface area contributed by atoms with Crippen LogP contribution < -0.4 is 10.9 Å². The van der Waals surface area contributed by atoms with Crippen LogP contribution in [0.25, 0.3) is 0 Å². The summed E-state index contributed by atoms with van der Waals surface area (Å²) in [5, 5.41) is 0. The van der Waals surface area contributed by atoms with Gasteiger partial charge in [0, 0.05) is 39.7 Å².